The van der Waals surface area contributed by atoms with E-state index in [9.17, 15) is 9.59 Å². The molecule has 2 aromatic rings. The van der Waals surface area contributed by atoms with Gasteiger partial charge in [-0.3, -0.25) is 9.59 Å². The molecule has 2 aromatic carbocycles. The molecule has 1 N–H and O–H groups in total. The van der Waals surface area contributed by atoms with Crippen LogP contribution in [0, 0.1) is 0 Å². The number of benzene rings is 2. The summed E-state index contributed by atoms with van der Waals surface area (Å²) in [5.74, 6) is 0.318. The molecule has 1 heterocycles. The normalized spacial score (nSPS) is 13.6. The summed E-state index contributed by atoms with van der Waals surface area (Å²) in [6.07, 6.45) is 0. The number of ether oxygens (including phenoxy) is 3. The number of halogens is 1. The fourth-order valence-corrected chi connectivity index (χ4v) is 3.33. The smallest absolute Gasteiger partial charge is 0.319 e. The first-order valence-corrected chi connectivity index (χ1v) is 9.55. The van der Waals surface area contributed by atoms with Gasteiger partial charge in [0.2, 0.25) is 0 Å². The van der Waals surface area contributed by atoms with Crippen molar-refractivity contribution in [2.45, 2.75) is 17.1 Å². The van der Waals surface area contributed by atoms with Crippen molar-refractivity contribution in [1.82, 2.24) is 0 Å². The topological polar surface area (TPSA) is 73.9 Å². The highest BCUT2D eigenvalue weighted by Gasteiger charge is 2.18. The van der Waals surface area contributed by atoms with Gasteiger partial charge in [0.05, 0.1) is 0 Å². The standard InChI is InChI=1S/C19H18ClNO5S/c1-12(27-15-5-2-13(20)3-6-15)19(23)26-11-18(22)21-14-4-7-16-17(10-14)25-9-8-24-16/h2-7,10,12H,8-9,11H2,1H3,(H,21,22)/t12-/m0/s1. The van der Waals surface area contributed by atoms with Crippen molar-refractivity contribution in [2.24, 2.45) is 0 Å². The molecule has 0 radical (unpaired) electrons. The van der Waals surface area contributed by atoms with Gasteiger partial charge in [0.1, 0.15) is 18.5 Å². The lowest BCUT2D eigenvalue weighted by atomic mass is 10.2. The highest BCUT2D eigenvalue weighted by atomic mass is 35.5. The van der Waals surface area contributed by atoms with Crippen LogP contribution < -0.4 is 14.8 Å². The minimum absolute atomic E-state index is 0.362. The van der Waals surface area contributed by atoms with E-state index in [0.29, 0.717) is 35.4 Å². The first-order chi connectivity index (χ1) is 13.0. The van der Waals surface area contributed by atoms with Crippen LogP contribution in [0.1, 0.15) is 6.92 Å². The molecule has 0 aromatic heterocycles. The number of thioether (sulfide) groups is 1. The van der Waals surface area contributed by atoms with Gasteiger partial charge in [-0.2, -0.15) is 0 Å². The van der Waals surface area contributed by atoms with Crippen molar-refractivity contribution in [3.63, 3.8) is 0 Å². The minimum Gasteiger partial charge on any atom is -0.486 e. The van der Waals surface area contributed by atoms with Crippen LogP contribution in [0.25, 0.3) is 0 Å². The number of amides is 1. The van der Waals surface area contributed by atoms with Gasteiger partial charge in [0.15, 0.2) is 18.1 Å². The van der Waals surface area contributed by atoms with Crippen molar-refractivity contribution in [3.05, 3.63) is 47.5 Å². The number of rotatable bonds is 6. The van der Waals surface area contributed by atoms with Crippen LogP contribution in [0.3, 0.4) is 0 Å². The number of hydrogen-bond donors (Lipinski definition) is 1. The van der Waals surface area contributed by atoms with E-state index in [1.165, 1.54) is 11.8 Å². The molecular weight excluding hydrogens is 390 g/mol. The Morgan fingerprint density at radius 3 is 2.59 bits per heavy atom. The average Bonchev–Trinajstić information content (AvgIpc) is 2.67. The van der Waals surface area contributed by atoms with Crippen molar-refractivity contribution >= 4 is 40.9 Å². The lowest BCUT2D eigenvalue weighted by Gasteiger charge is -2.19. The Kier molecular flexibility index (Phi) is 6.47. The Balaban J connectivity index is 1.46. The van der Waals surface area contributed by atoms with E-state index in [2.05, 4.69) is 5.32 Å². The summed E-state index contributed by atoms with van der Waals surface area (Å²) < 4.78 is 16.0. The second kappa shape index (κ2) is 9.01. The summed E-state index contributed by atoms with van der Waals surface area (Å²) in [5, 5.41) is 2.85. The number of hydrogen-bond acceptors (Lipinski definition) is 6. The molecule has 1 aliphatic rings. The molecule has 6 nitrogen and oxygen atoms in total. The Bertz CT molecular complexity index is 827. The second-order valence-corrected chi connectivity index (χ2v) is 7.58. The van der Waals surface area contributed by atoms with E-state index in [1.807, 2.05) is 12.1 Å². The maximum Gasteiger partial charge on any atom is 0.319 e. The van der Waals surface area contributed by atoms with Gasteiger partial charge in [-0.05, 0) is 43.3 Å². The Hall–Kier alpha value is -2.38. The first-order valence-electron chi connectivity index (χ1n) is 8.29. The van der Waals surface area contributed by atoms with Gasteiger partial charge in [-0.1, -0.05) is 11.6 Å². The van der Waals surface area contributed by atoms with Gasteiger partial charge in [-0.25, -0.2) is 0 Å². The van der Waals surface area contributed by atoms with Crippen LogP contribution in [0.15, 0.2) is 47.4 Å². The third-order valence-corrected chi connectivity index (χ3v) is 4.97. The van der Waals surface area contributed by atoms with Crippen LogP contribution in [0.5, 0.6) is 11.5 Å². The molecule has 0 unspecified atom stereocenters. The van der Waals surface area contributed by atoms with E-state index in [-0.39, 0.29) is 6.61 Å². The van der Waals surface area contributed by atoms with E-state index in [0.717, 1.165) is 4.90 Å². The zero-order valence-electron chi connectivity index (χ0n) is 14.6. The second-order valence-electron chi connectivity index (χ2n) is 5.73. The molecular formula is C19H18ClNO5S. The van der Waals surface area contributed by atoms with Gasteiger partial charge in [-0.15, -0.1) is 11.8 Å². The zero-order chi connectivity index (χ0) is 19.2. The van der Waals surface area contributed by atoms with E-state index < -0.39 is 17.1 Å². The largest absolute Gasteiger partial charge is 0.486 e. The van der Waals surface area contributed by atoms with Crippen LogP contribution in [-0.4, -0.2) is 36.9 Å². The Morgan fingerprint density at radius 2 is 1.85 bits per heavy atom. The fourth-order valence-electron chi connectivity index (χ4n) is 2.34. The summed E-state index contributed by atoms with van der Waals surface area (Å²) in [6.45, 7) is 2.32. The predicted molar refractivity (Wildman–Crippen MR) is 104 cm³/mol. The Labute approximate surface area is 166 Å². The summed E-state index contributed by atoms with van der Waals surface area (Å²) in [5.41, 5.74) is 0.545. The maximum absolute atomic E-state index is 12.1. The van der Waals surface area contributed by atoms with Gasteiger partial charge < -0.3 is 19.5 Å². The van der Waals surface area contributed by atoms with Crippen LogP contribution in [0.2, 0.25) is 5.02 Å². The summed E-state index contributed by atoms with van der Waals surface area (Å²) in [7, 11) is 0. The van der Waals surface area contributed by atoms with E-state index in [4.69, 9.17) is 25.8 Å². The molecule has 8 heteroatoms. The number of nitrogens with one attached hydrogen (secondary N) is 1. The van der Waals surface area contributed by atoms with Crippen molar-refractivity contribution in [1.29, 1.82) is 0 Å². The summed E-state index contributed by atoms with van der Waals surface area (Å²) in [6, 6.07) is 12.3. The van der Waals surface area contributed by atoms with Crippen LogP contribution in [0.4, 0.5) is 5.69 Å². The number of fused-ring (bicyclic) bond motifs is 1. The summed E-state index contributed by atoms with van der Waals surface area (Å²) in [4.78, 5) is 25.0. The van der Waals surface area contributed by atoms with Gasteiger partial charge in [0.25, 0.3) is 5.91 Å². The van der Waals surface area contributed by atoms with Gasteiger partial charge >= 0.3 is 5.97 Å². The molecule has 0 bridgehead atoms. The molecule has 1 aliphatic heterocycles. The maximum atomic E-state index is 12.1. The third-order valence-electron chi connectivity index (χ3n) is 3.63. The monoisotopic (exact) mass is 407 g/mol. The van der Waals surface area contributed by atoms with E-state index >= 15 is 0 Å². The minimum atomic E-state index is -0.465. The van der Waals surface area contributed by atoms with Crippen molar-refractivity contribution in [3.8, 4) is 11.5 Å². The Morgan fingerprint density at radius 1 is 1.15 bits per heavy atom. The molecule has 1 atom stereocenters. The SMILES string of the molecule is C[C@H](Sc1ccc(Cl)cc1)C(=O)OCC(=O)Nc1ccc2c(c1)OCCO2. The number of carbonyl (C=O) groups excluding carboxylic acids is 2. The van der Waals surface area contributed by atoms with Crippen LogP contribution in [-0.2, 0) is 14.3 Å². The molecule has 0 fully saturated rings. The number of esters is 1. The highest BCUT2D eigenvalue weighted by Crippen LogP contribution is 2.32. The van der Waals surface area contributed by atoms with Crippen molar-refractivity contribution in [2.75, 3.05) is 25.1 Å². The lowest BCUT2D eigenvalue weighted by molar-refractivity contribution is -0.146. The molecule has 0 spiro atoms. The molecule has 1 amide bonds. The van der Waals surface area contributed by atoms with Crippen LogP contribution >= 0.6 is 23.4 Å². The predicted octanol–water partition coefficient (Wildman–Crippen LogP) is 3.77. The first kappa shape index (κ1) is 19.4. The number of carbonyl (C=O) groups is 2. The molecule has 3 rings (SSSR count). The number of anilines is 1. The lowest BCUT2D eigenvalue weighted by Crippen LogP contribution is -2.25. The molecule has 27 heavy (non-hydrogen) atoms. The van der Waals surface area contributed by atoms with E-state index in [1.54, 1.807) is 37.3 Å². The molecule has 0 saturated carbocycles. The third kappa shape index (κ3) is 5.55. The highest BCUT2D eigenvalue weighted by molar-refractivity contribution is 8.00. The average molecular weight is 408 g/mol. The van der Waals surface area contributed by atoms with Crippen molar-refractivity contribution < 1.29 is 23.8 Å². The zero-order valence-corrected chi connectivity index (χ0v) is 16.1. The van der Waals surface area contributed by atoms with Gasteiger partial charge in [0, 0.05) is 21.7 Å². The fraction of sp³-hybridized carbons (Fsp3) is 0.263. The summed E-state index contributed by atoms with van der Waals surface area (Å²) >= 11 is 7.18. The molecule has 142 valence electrons. The molecule has 0 aliphatic carbocycles. The quantitative estimate of drug-likeness (QED) is 0.580. The molecule has 0 saturated heterocycles.